The van der Waals surface area contributed by atoms with E-state index in [0.29, 0.717) is 6.42 Å². The Bertz CT molecular complexity index is 181. The molecule has 1 aliphatic carbocycles. The largest absolute Gasteiger partial charge is 0.480 e. The van der Waals surface area contributed by atoms with Gasteiger partial charge < -0.3 is 10.2 Å². The molecule has 4 nitrogen and oxygen atoms in total. The Labute approximate surface area is 65.2 Å². The summed E-state index contributed by atoms with van der Waals surface area (Å²) in [4.78, 5) is 10.6. The predicted molar refractivity (Wildman–Crippen MR) is 39.3 cm³/mol. The fourth-order valence-electron chi connectivity index (χ4n) is 1.21. The van der Waals surface area contributed by atoms with Crippen LogP contribution in [0.4, 0.5) is 0 Å². The summed E-state index contributed by atoms with van der Waals surface area (Å²) in [5.41, 5.74) is -1.05. The molecule has 0 radical (unpaired) electrons. The second-order valence-corrected chi connectivity index (χ2v) is 3.30. The molecule has 0 amide bonds. The van der Waals surface area contributed by atoms with Gasteiger partial charge in [0.1, 0.15) is 5.54 Å². The van der Waals surface area contributed by atoms with Crippen LogP contribution < -0.4 is 5.32 Å². The van der Waals surface area contributed by atoms with E-state index in [4.69, 9.17) is 10.2 Å². The highest BCUT2D eigenvalue weighted by atomic mass is 16.4. The Hall–Kier alpha value is -0.610. The van der Waals surface area contributed by atoms with Gasteiger partial charge in [-0.1, -0.05) is 0 Å². The van der Waals surface area contributed by atoms with Crippen molar-refractivity contribution in [3.05, 3.63) is 0 Å². The van der Waals surface area contributed by atoms with Crippen LogP contribution in [-0.2, 0) is 4.79 Å². The molecular formula is C7H13NO3. The molecule has 11 heavy (non-hydrogen) atoms. The van der Waals surface area contributed by atoms with E-state index in [1.165, 1.54) is 0 Å². The van der Waals surface area contributed by atoms with Crippen molar-refractivity contribution in [1.29, 1.82) is 0 Å². The fourth-order valence-corrected chi connectivity index (χ4v) is 1.21. The van der Waals surface area contributed by atoms with Gasteiger partial charge in [-0.05, 0) is 13.8 Å². The molecule has 0 aromatic heterocycles. The molecule has 1 aliphatic rings. The van der Waals surface area contributed by atoms with Gasteiger partial charge in [0, 0.05) is 12.5 Å². The van der Waals surface area contributed by atoms with Crippen LogP contribution in [0.5, 0.6) is 0 Å². The quantitative estimate of drug-likeness (QED) is 0.522. The highest BCUT2D eigenvalue weighted by Gasteiger charge is 2.60. The van der Waals surface area contributed by atoms with Crippen LogP contribution in [0.15, 0.2) is 0 Å². The zero-order valence-corrected chi connectivity index (χ0v) is 6.66. The fraction of sp³-hybridized carbons (Fsp3) is 0.857. The van der Waals surface area contributed by atoms with Crippen molar-refractivity contribution >= 4 is 5.97 Å². The lowest BCUT2D eigenvalue weighted by molar-refractivity contribution is -0.142. The number of hydrogen-bond donors (Lipinski definition) is 3. The van der Waals surface area contributed by atoms with E-state index < -0.39 is 17.6 Å². The number of carboxylic acid groups (broad SMARTS) is 1. The molecule has 64 valence electrons. The smallest absolute Gasteiger partial charge is 0.326 e. The van der Waals surface area contributed by atoms with E-state index in [2.05, 4.69) is 5.32 Å². The van der Waals surface area contributed by atoms with Crippen LogP contribution in [0.25, 0.3) is 0 Å². The van der Waals surface area contributed by atoms with E-state index in [1.807, 2.05) is 13.8 Å². The maximum Gasteiger partial charge on any atom is 0.326 e. The summed E-state index contributed by atoms with van der Waals surface area (Å²) in [5.74, 6) is -0.960. The van der Waals surface area contributed by atoms with Crippen LogP contribution in [0.3, 0.4) is 0 Å². The summed E-state index contributed by atoms with van der Waals surface area (Å²) in [6, 6.07) is 0.0863. The molecule has 0 saturated heterocycles. The monoisotopic (exact) mass is 159 g/mol. The van der Waals surface area contributed by atoms with Gasteiger partial charge in [-0.3, -0.25) is 10.1 Å². The summed E-state index contributed by atoms with van der Waals surface area (Å²) < 4.78 is 0. The standard InChI is InChI=1S/C7H13NO3/c1-4(2)8-7(6(10)11)3-5(7)9/h4-5,8-9H,3H2,1-2H3,(H,10,11). The van der Waals surface area contributed by atoms with Gasteiger partial charge in [-0.2, -0.15) is 0 Å². The van der Waals surface area contributed by atoms with E-state index in [-0.39, 0.29) is 6.04 Å². The molecule has 2 atom stereocenters. The molecule has 1 rings (SSSR count). The third-order valence-electron chi connectivity index (χ3n) is 1.85. The molecule has 1 saturated carbocycles. The summed E-state index contributed by atoms with van der Waals surface area (Å²) in [7, 11) is 0. The Morgan fingerprint density at radius 3 is 2.27 bits per heavy atom. The summed E-state index contributed by atoms with van der Waals surface area (Å²) in [6.45, 7) is 3.71. The van der Waals surface area contributed by atoms with Gasteiger partial charge in [-0.25, -0.2) is 0 Å². The van der Waals surface area contributed by atoms with Gasteiger partial charge >= 0.3 is 5.97 Å². The average Bonchev–Trinajstić information content (AvgIpc) is 2.41. The minimum absolute atomic E-state index is 0.0863. The molecular weight excluding hydrogens is 146 g/mol. The molecule has 0 spiro atoms. The summed E-state index contributed by atoms with van der Waals surface area (Å²) in [5, 5.41) is 20.6. The lowest BCUT2D eigenvalue weighted by atomic mass is 10.2. The molecule has 0 aromatic rings. The zero-order chi connectivity index (χ0) is 8.65. The average molecular weight is 159 g/mol. The number of hydrogen-bond acceptors (Lipinski definition) is 3. The molecule has 0 aromatic carbocycles. The lowest BCUT2D eigenvalue weighted by Crippen LogP contribution is -2.46. The Kier molecular flexibility index (Phi) is 1.90. The Morgan fingerprint density at radius 1 is 1.73 bits per heavy atom. The van der Waals surface area contributed by atoms with E-state index in [1.54, 1.807) is 0 Å². The van der Waals surface area contributed by atoms with Gasteiger partial charge in [0.05, 0.1) is 6.10 Å². The van der Waals surface area contributed by atoms with Crippen molar-refractivity contribution in [2.75, 3.05) is 0 Å². The van der Waals surface area contributed by atoms with Gasteiger partial charge in [-0.15, -0.1) is 0 Å². The van der Waals surface area contributed by atoms with Gasteiger partial charge in [0.2, 0.25) is 0 Å². The van der Waals surface area contributed by atoms with E-state index >= 15 is 0 Å². The van der Waals surface area contributed by atoms with Crippen molar-refractivity contribution < 1.29 is 15.0 Å². The number of aliphatic carboxylic acids is 1. The highest BCUT2D eigenvalue weighted by molar-refractivity contribution is 5.84. The first-order valence-electron chi connectivity index (χ1n) is 3.68. The normalized spacial score (nSPS) is 35.8. The van der Waals surface area contributed by atoms with Crippen LogP contribution in [0, 0.1) is 0 Å². The first-order chi connectivity index (χ1) is 4.99. The van der Waals surface area contributed by atoms with Crippen molar-refractivity contribution in [1.82, 2.24) is 5.32 Å². The molecule has 4 heteroatoms. The second kappa shape index (κ2) is 2.46. The number of rotatable bonds is 3. The molecule has 3 N–H and O–H groups in total. The minimum atomic E-state index is -1.05. The van der Waals surface area contributed by atoms with E-state index in [0.717, 1.165) is 0 Å². The zero-order valence-electron chi connectivity index (χ0n) is 6.66. The molecule has 1 fully saturated rings. The third kappa shape index (κ3) is 1.36. The number of carbonyl (C=O) groups is 1. The van der Waals surface area contributed by atoms with Gasteiger partial charge in [0.25, 0.3) is 0 Å². The number of nitrogens with one attached hydrogen (secondary N) is 1. The maximum atomic E-state index is 10.6. The second-order valence-electron chi connectivity index (χ2n) is 3.30. The lowest BCUT2D eigenvalue weighted by Gasteiger charge is -2.15. The number of aliphatic hydroxyl groups excluding tert-OH is 1. The minimum Gasteiger partial charge on any atom is -0.480 e. The maximum absolute atomic E-state index is 10.6. The first-order valence-corrected chi connectivity index (χ1v) is 3.68. The van der Waals surface area contributed by atoms with Crippen molar-refractivity contribution in [2.24, 2.45) is 0 Å². The molecule has 0 aliphatic heterocycles. The van der Waals surface area contributed by atoms with E-state index in [9.17, 15) is 4.79 Å². The van der Waals surface area contributed by atoms with Crippen LogP contribution >= 0.6 is 0 Å². The van der Waals surface area contributed by atoms with Crippen molar-refractivity contribution in [2.45, 2.75) is 38.0 Å². The molecule has 0 bridgehead atoms. The van der Waals surface area contributed by atoms with Crippen LogP contribution in [-0.4, -0.2) is 33.9 Å². The first kappa shape index (κ1) is 8.49. The van der Waals surface area contributed by atoms with Crippen molar-refractivity contribution in [3.63, 3.8) is 0 Å². The predicted octanol–water partition coefficient (Wildman–Crippen LogP) is -0.428. The number of carboxylic acids is 1. The van der Waals surface area contributed by atoms with Crippen LogP contribution in [0.2, 0.25) is 0 Å². The number of aliphatic hydroxyl groups is 1. The third-order valence-corrected chi connectivity index (χ3v) is 1.85. The molecule has 0 heterocycles. The van der Waals surface area contributed by atoms with Crippen LogP contribution in [0.1, 0.15) is 20.3 Å². The van der Waals surface area contributed by atoms with Gasteiger partial charge in [0.15, 0.2) is 0 Å². The Balaban J connectivity index is 2.57. The topological polar surface area (TPSA) is 69.6 Å². The summed E-state index contributed by atoms with van der Waals surface area (Å²) in [6.07, 6.45) is -0.400. The molecule has 2 unspecified atom stereocenters. The Morgan fingerprint density at radius 2 is 2.18 bits per heavy atom. The SMILES string of the molecule is CC(C)NC1(C(=O)O)CC1O. The summed E-state index contributed by atoms with van der Waals surface area (Å²) >= 11 is 0. The van der Waals surface area contributed by atoms with Crippen molar-refractivity contribution in [3.8, 4) is 0 Å². The highest BCUT2D eigenvalue weighted by Crippen LogP contribution is 2.36.